The smallest absolute Gasteiger partial charge is 0.243 e. The molecule has 7 nitrogen and oxygen atoms in total. The molecule has 2 aliphatic heterocycles. The van der Waals surface area contributed by atoms with Gasteiger partial charge in [-0.2, -0.15) is 0 Å². The van der Waals surface area contributed by atoms with E-state index in [2.05, 4.69) is 31.3 Å². The summed E-state index contributed by atoms with van der Waals surface area (Å²) in [7, 11) is 1.75. The number of nitrogens with one attached hydrogen (secondary N) is 2. The van der Waals surface area contributed by atoms with Gasteiger partial charge in [-0.05, 0) is 24.6 Å². The van der Waals surface area contributed by atoms with Gasteiger partial charge in [0.2, 0.25) is 5.91 Å². The second-order valence-corrected chi connectivity index (χ2v) is 6.71. The zero-order chi connectivity index (χ0) is 19.1. The molecule has 1 aromatic rings. The highest BCUT2D eigenvalue weighted by Gasteiger charge is 2.30. The first-order chi connectivity index (χ1) is 13.2. The number of carbonyl (C=O) groups excluding carboxylic acids is 1. The highest BCUT2D eigenvalue weighted by atomic mass is 16.5. The molecule has 0 spiro atoms. The second-order valence-electron chi connectivity index (χ2n) is 6.71. The van der Waals surface area contributed by atoms with E-state index in [-0.39, 0.29) is 12.5 Å². The highest BCUT2D eigenvalue weighted by Crippen LogP contribution is 2.17. The topological polar surface area (TPSA) is 69.2 Å². The summed E-state index contributed by atoms with van der Waals surface area (Å²) in [4.78, 5) is 21.3. The number of rotatable bonds is 4. The molecule has 1 aromatic carbocycles. The summed E-state index contributed by atoms with van der Waals surface area (Å²) in [5.41, 5.74) is 1.43. The van der Waals surface area contributed by atoms with Crippen LogP contribution in [0.1, 0.15) is 12.0 Å². The maximum atomic E-state index is 12.2. The third kappa shape index (κ3) is 5.22. The highest BCUT2D eigenvalue weighted by molar-refractivity contribution is 5.95. The molecule has 2 heterocycles. The van der Waals surface area contributed by atoms with Gasteiger partial charge in [0.05, 0.1) is 19.8 Å². The molecule has 2 N–H and O–H groups in total. The SMILES string of the molecule is C#Cc1cccc(NC(=O)CNC(=NC)N2CCC(N3CCOCC3)C2)c1. The van der Waals surface area contributed by atoms with Crippen molar-refractivity contribution in [1.82, 2.24) is 15.1 Å². The van der Waals surface area contributed by atoms with E-state index in [1.165, 1.54) is 0 Å². The number of amides is 1. The molecule has 0 saturated carbocycles. The Hall–Kier alpha value is -2.56. The number of hydrogen-bond donors (Lipinski definition) is 2. The molecule has 0 aromatic heterocycles. The fourth-order valence-electron chi connectivity index (χ4n) is 3.56. The number of terminal acetylenes is 1. The molecule has 0 bridgehead atoms. The number of morpholine rings is 1. The monoisotopic (exact) mass is 369 g/mol. The van der Waals surface area contributed by atoms with E-state index in [0.29, 0.717) is 11.7 Å². The Kier molecular flexibility index (Phi) is 6.69. The van der Waals surface area contributed by atoms with Gasteiger partial charge in [0, 0.05) is 50.5 Å². The van der Waals surface area contributed by atoms with Crippen molar-refractivity contribution >= 4 is 17.6 Å². The summed E-state index contributed by atoms with van der Waals surface area (Å²) >= 11 is 0. The molecular formula is C20H27N5O2. The van der Waals surface area contributed by atoms with E-state index in [0.717, 1.165) is 57.3 Å². The van der Waals surface area contributed by atoms with Gasteiger partial charge in [-0.25, -0.2) is 0 Å². The minimum Gasteiger partial charge on any atom is -0.379 e. The first-order valence-electron chi connectivity index (χ1n) is 9.33. The van der Waals surface area contributed by atoms with Crippen LogP contribution in [0.15, 0.2) is 29.3 Å². The molecule has 2 fully saturated rings. The number of benzene rings is 1. The predicted octanol–water partition coefficient (Wildman–Crippen LogP) is 0.588. The van der Waals surface area contributed by atoms with Gasteiger partial charge in [0.1, 0.15) is 0 Å². The predicted molar refractivity (Wildman–Crippen MR) is 107 cm³/mol. The molecule has 0 aliphatic carbocycles. The van der Waals surface area contributed by atoms with Crippen LogP contribution in [0.5, 0.6) is 0 Å². The van der Waals surface area contributed by atoms with Crippen LogP contribution in [0, 0.1) is 12.3 Å². The largest absolute Gasteiger partial charge is 0.379 e. The molecule has 1 amide bonds. The van der Waals surface area contributed by atoms with E-state index < -0.39 is 0 Å². The van der Waals surface area contributed by atoms with Crippen molar-refractivity contribution in [3.63, 3.8) is 0 Å². The average molecular weight is 369 g/mol. The van der Waals surface area contributed by atoms with Crippen molar-refractivity contribution in [1.29, 1.82) is 0 Å². The van der Waals surface area contributed by atoms with Crippen molar-refractivity contribution in [2.75, 3.05) is 58.3 Å². The third-order valence-electron chi connectivity index (χ3n) is 4.96. The normalized spacial score (nSPS) is 21.0. The summed E-state index contributed by atoms with van der Waals surface area (Å²) in [6.45, 7) is 5.62. The van der Waals surface area contributed by atoms with Crippen LogP contribution in [0.25, 0.3) is 0 Å². The number of nitrogens with zero attached hydrogens (tertiary/aromatic N) is 3. The van der Waals surface area contributed by atoms with E-state index >= 15 is 0 Å². The van der Waals surface area contributed by atoms with Gasteiger partial charge in [-0.3, -0.25) is 14.7 Å². The van der Waals surface area contributed by atoms with Crippen molar-refractivity contribution < 1.29 is 9.53 Å². The number of anilines is 1. The lowest BCUT2D eigenvalue weighted by atomic mass is 10.2. The van der Waals surface area contributed by atoms with Gasteiger partial charge < -0.3 is 20.3 Å². The third-order valence-corrected chi connectivity index (χ3v) is 4.96. The van der Waals surface area contributed by atoms with E-state index in [1.54, 1.807) is 13.1 Å². The molecule has 1 atom stereocenters. The Morgan fingerprint density at radius 1 is 1.37 bits per heavy atom. The molecule has 144 valence electrons. The standard InChI is InChI=1S/C20H27N5O2/c1-3-16-5-4-6-17(13-16)23-19(26)14-22-20(21-2)25-8-7-18(15-25)24-9-11-27-12-10-24/h1,4-6,13,18H,7-12,14-15H2,2H3,(H,21,22)(H,23,26). The van der Waals surface area contributed by atoms with E-state index in [9.17, 15) is 4.79 Å². The second kappa shape index (κ2) is 9.40. The van der Waals surface area contributed by atoms with Crippen LogP contribution in [0.3, 0.4) is 0 Å². The van der Waals surface area contributed by atoms with Crippen LogP contribution in [-0.2, 0) is 9.53 Å². The number of ether oxygens (including phenoxy) is 1. The summed E-state index contributed by atoms with van der Waals surface area (Å²) < 4.78 is 5.44. The summed E-state index contributed by atoms with van der Waals surface area (Å²) in [6.07, 6.45) is 6.50. The van der Waals surface area contributed by atoms with Crippen LogP contribution in [0.2, 0.25) is 0 Å². The molecule has 2 saturated heterocycles. The molecule has 27 heavy (non-hydrogen) atoms. The van der Waals surface area contributed by atoms with E-state index in [4.69, 9.17) is 11.2 Å². The van der Waals surface area contributed by atoms with Crippen molar-refractivity contribution in [2.24, 2.45) is 4.99 Å². The van der Waals surface area contributed by atoms with Gasteiger partial charge in [0.15, 0.2) is 5.96 Å². The summed E-state index contributed by atoms with van der Waals surface area (Å²) in [5, 5.41) is 6.02. The lowest BCUT2D eigenvalue weighted by molar-refractivity contribution is -0.115. The Morgan fingerprint density at radius 3 is 2.93 bits per heavy atom. The maximum absolute atomic E-state index is 12.2. The minimum absolute atomic E-state index is 0.130. The number of carbonyl (C=O) groups is 1. The number of likely N-dealkylation sites (tertiary alicyclic amines) is 1. The molecule has 1 unspecified atom stereocenters. The zero-order valence-corrected chi connectivity index (χ0v) is 15.8. The Labute approximate surface area is 160 Å². The molecule has 2 aliphatic rings. The van der Waals surface area contributed by atoms with Gasteiger partial charge >= 0.3 is 0 Å². The molecule has 7 heteroatoms. The summed E-state index contributed by atoms with van der Waals surface area (Å²) in [6, 6.07) is 7.77. The Morgan fingerprint density at radius 2 is 2.19 bits per heavy atom. The Bertz CT molecular complexity index is 721. The van der Waals surface area contributed by atoms with Crippen LogP contribution in [-0.4, -0.2) is 80.7 Å². The first kappa shape index (κ1) is 19.2. The quantitative estimate of drug-likeness (QED) is 0.462. The zero-order valence-electron chi connectivity index (χ0n) is 15.8. The lowest BCUT2D eigenvalue weighted by Gasteiger charge is -2.32. The first-order valence-corrected chi connectivity index (χ1v) is 9.33. The minimum atomic E-state index is -0.130. The maximum Gasteiger partial charge on any atom is 0.243 e. The fourth-order valence-corrected chi connectivity index (χ4v) is 3.56. The number of aliphatic imine (C=N–C) groups is 1. The Balaban J connectivity index is 1.47. The molecular weight excluding hydrogens is 342 g/mol. The average Bonchev–Trinajstić information content (AvgIpc) is 3.19. The van der Waals surface area contributed by atoms with Crippen molar-refractivity contribution in [3.8, 4) is 12.3 Å². The van der Waals surface area contributed by atoms with E-state index in [1.807, 2.05) is 18.2 Å². The van der Waals surface area contributed by atoms with Crippen LogP contribution < -0.4 is 10.6 Å². The number of guanidine groups is 1. The lowest BCUT2D eigenvalue weighted by Crippen LogP contribution is -2.47. The fraction of sp³-hybridized carbons (Fsp3) is 0.500. The van der Waals surface area contributed by atoms with Gasteiger partial charge in [-0.15, -0.1) is 6.42 Å². The molecule has 0 radical (unpaired) electrons. The van der Waals surface area contributed by atoms with Crippen molar-refractivity contribution in [3.05, 3.63) is 29.8 Å². The van der Waals surface area contributed by atoms with Gasteiger partial charge in [0.25, 0.3) is 0 Å². The molecule has 3 rings (SSSR count). The van der Waals surface area contributed by atoms with Gasteiger partial charge in [-0.1, -0.05) is 12.0 Å². The van der Waals surface area contributed by atoms with Crippen LogP contribution >= 0.6 is 0 Å². The van der Waals surface area contributed by atoms with Crippen molar-refractivity contribution in [2.45, 2.75) is 12.5 Å². The number of hydrogen-bond acceptors (Lipinski definition) is 4. The van der Waals surface area contributed by atoms with Crippen LogP contribution in [0.4, 0.5) is 5.69 Å². The summed E-state index contributed by atoms with van der Waals surface area (Å²) in [5.74, 6) is 3.20.